The first-order valence-corrected chi connectivity index (χ1v) is 12.8. The van der Waals surface area contributed by atoms with Crippen molar-refractivity contribution in [2.45, 2.75) is 28.9 Å². The van der Waals surface area contributed by atoms with E-state index in [2.05, 4.69) is 24.3 Å². The molecule has 2 amide bonds. The van der Waals surface area contributed by atoms with Gasteiger partial charge in [-0.25, -0.2) is 4.79 Å². The smallest absolute Gasteiger partial charge is 0.410 e. The number of ether oxygens (including phenoxy) is 1. The lowest BCUT2D eigenvalue weighted by Crippen LogP contribution is -2.70. The Morgan fingerprint density at radius 3 is 2.56 bits per heavy atom. The van der Waals surface area contributed by atoms with Crippen molar-refractivity contribution in [3.05, 3.63) is 93.4 Å². The Labute approximate surface area is 210 Å². The van der Waals surface area contributed by atoms with E-state index in [1.165, 1.54) is 6.07 Å². The molecule has 182 valence electrons. The van der Waals surface area contributed by atoms with E-state index >= 15 is 0 Å². The van der Waals surface area contributed by atoms with Crippen LogP contribution in [0.4, 0.5) is 4.79 Å². The fourth-order valence-corrected chi connectivity index (χ4v) is 6.89. The second-order valence-corrected chi connectivity index (χ2v) is 10.4. The molecule has 7 rings (SSSR count). The van der Waals surface area contributed by atoms with Crippen molar-refractivity contribution in [1.29, 1.82) is 0 Å². The van der Waals surface area contributed by atoms with Crippen LogP contribution in [0.1, 0.15) is 33.2 Å². The van der Waals surface area contributed by atoms with Gasteiger partial charge in [0.05, 0.1) is 18.6 Å². The molecule has 3 atom stereocenters. The van der Waals surface area contributed by atoms with Crippen molar-refractivity contribution in [3.63, 3.8) is 0 Å². The molecule has 1 aromatic heterocycles. The van der Waals surface area contributed by atoms with E-state index in [0.29, 0.717) is 0 Å². The summed E-state index contributed by atoms with van der Waals surface area (Å²) in [6, 6.07) is 17.0. The van der Waals surface area contributed by atoms with Crippen LogP contribution in [0.2, 0.25) is 0 Å². The number of piperazine rings is 1. The molecule has 4 aliphatic rings. The molecule has 2 aromatic carbocycles. The van der Waals surface area contributed by atoms with Gasteiger partial charge >= 0.3 is 6.09 Å². The molecule has 1 N–H and O–H groups in total. The van der Waals surface area contributed by atoms with Gasteiger partial charge in [-0.3, -0.25) is 24.2 Å². The molecular weight excluding hydrogens is 480 g/mol. The predicted octanol–water partition coefficient (Wildman–Crippen LogP) is 2.50. The number of fused-ring (bicyclic) bond motifs is 5. The molecule has 4 aliphatic heterocycles. The molecule has 9 nitrogen and oxygen atoms in total. The lowest BCUT2D eigenvalue weighted by molar-refractivity contribution is 0.0253. The molecule has 0 radical (unpaired) electrons. The Balaban J connectivity index is 1.50. The zero-order chi connectivity index (χ0) is 24.6. The number of benzene rings is 2. The van der Waals surface area contributed by atoms with Crippen molar-refractivity contribution in [2.75, 3.05) is 24.7 Å². The molecule has 0 aliphatic carbocycles. The average Bonchev–Trinajstić information content (AvgIpc) is 3.17. The molecule has 2 fully saturated rings. The molecule has 5 heterocycles. The lowest BCUT2D eigenvalue weighted by atomic mass is 9.93. The highest BCUT2D eigenvalue weighted by molar-refractivity contribution is 7.98. The minimum Gasteiger partial charge on any atom is -0.502 e. The maximum Gasteiger partial charge on any atom is 0.410 e. The summed E-state index contributed by atoms with van der Waals surface area (Å²) in [6.07, 6.45) is 0.616. The number of thioether (sulfide) groups is 1. The van der Waals surface area contributed by atoms with E-state index in [-0.39, 0.29) is 37.5 Å². The Morgan fingerprint density at radius 1 is 0.917 bits per heavy atom. The van der Waals surface area contributed by atoms with Crippen LogP contribution in [0.15, 0.2) is 70.5 Å². The number of aromatic hydroxyl groups is 1. The van der Waals surface area contributed by atoms with Crippen molar-refractivity contribution < 1.29 is 19.4 Å². The summed E-state index contributed by atoms with van der Waals surface area (Å²) < 4.78 is 6.90. The third-order valence-corrected chi connectivity index (χ3v) is 8.62. The number of hydrogen-bond donors (Lipinski definition) is 1. The molecule has 0 saturated carbocycles. The van der Waals surface area contributed by atoms with Crippen LogP contribution >= 0.6 is 11.8 Å². The van der Waals surface area contributed by atoms with Crippen LogP contribution < -0.4 is 10.4 Å². The van der Waals surface area contributed by atoms with Crippen LogP contribution in [-0.2, 0) is 10.5 Å². The first-order valence-electron chi connectivity index (χ1n) is 11.8. The molecule has 0 bridgehead atoms. The van der Waals surface area contributed by atoms with Gasteiger partial charge in [0, 0.05) is 29.5 Å². The van der Waals surface area contributed by atoms with Gasteiger partial charge in [-0.2, -0.15) is 0 Å². The van der Waals surface area contributed by atoms with Crippen molar-refractivity contribution in [3.8, 4) is 5.75 Å². The number of rotatable bonds is 1. The molecule has 10 heteroatoms. The van der Waals surface area contributed by atoms with E-state index in [0.717, 1.165) is 27.3 Å². The molecular formula is C26H22N4O5S. The van der Waals surface area contributed by atoms with Gasteiger partial charge in [-0.15, -0.1) is 11.8 Å². The predicted molar refractivity (Wildman–Crippen MR) is 132 cm³/mol. The third-order valence-electron chi connectivity index (χ3n) is 7.48. The quantitative estimate of drug-likeness (QED) is 0.546. The van der Waals surface area contributed by atoms with Crippen molar-refractivity contribution in [2.24, 2.45) is 0 Å². The SMILES string of the molecule is O=C1OCC2CN3C(=O)c4c(O)c(=O)ccn4N([C@H]4c5ccccc5CSc5ccccc54)[C@@H]3CN12. The van der Waals surface area contributed by atoms with Gasteiger partial charge in [0.1, 0.15) is 12.8 Å². The molecule has 2 saturated heterocycles. The van der Waals surface area contributed by atoms with Crippen LogP contribution in [0.3, 0.4) is 0 Å². The summed E-state index contributed by atoms with van der Waals surface area (Å²) in [5.41, 5.74) is 2.61. The Bertz CT molecular complexity index is 1440. The lowest BCUT2D eigenvalue weighted by Gasteiger charge is -2.53. The highest BCUT2D eigenvalue weighted by Gasteiger charge is 2.51. The van der Waals surface area contributed by atoms with Crippen LogP contribution in [0.25, 0.3) is 0 Å². The summed E-state index contributed by atoms with van der Waals surface area (Å²) in [5, 5.41) is 12.8. The normalized spacial score (nSPS) is 24.2. The highest BCUT2D eigenvalue weighted by atomic mass is 32.2. The molecule has 1 unspecified atom stereocenters. The maximum atomic E-state index is 13.7. The van der Waals surface area contributed by atoms with E-state index in [1.807, 2.05) is 29.3 Å². The zero-order valence-corrected chi connectivity index (χ0v) is 19.9. The van der Waals surface area contributed by atoms with E-state index in [9.17, 15) is 19.5 Å². The summed E-state index contributed by atoms with van der Waals surface area (Å²) in [4.78, 5) is 43.1. The minimum absolute atomic E-state index is 0.0655. The van der Waals surface area contributed by atoms with E-state index in [1.54, 1.807) is 32.4 Å². The number of carbonyl (C=O) groups excluding carboxylic acids is 2. The number of pyridine rings is 1. The van der Waals surface area contributed by atoms with Crippen LogP contribution in [0.5, 0.6) is 5.75 Å². The second kappa shape index (κ2) is 7.79. The number of hydrogen-bond acceptors (Lipinski definition) is 7. The van der Waals surface area contributed by atoms with Crippen molar-refractivity contribution in [1.82, 2.24) is 14.5 Å². The maximum absolute atomic E-state index is 13.7. The van der Waals surface area contributed by atoms with E-state index < -0.39 is 29.3 Å². The number of carbonyl (C=O) groups is 2. The summed E-state index contributed by atoms with van der Waals surface area (Å²) in [5.74, 6) is -0.222. The Hall–Kier alpha value is -3.92. The molecule has 3 aromatic rings. The van der Waals surface area contributed by atoms with Crippen LogP contribution in [-0.4, -0.2) is 63.5 Å². The first kappa shape index (κ1) is 21.4. The first-order chi connectivity index (χ1) is 17.5. The third kappa shape index (κ3) is 2.94. The zero-order valence-electron chi connectivity index (χ0n) is 19.1. The van der Waals surface area contributed by atoms with Crippen LogP contribution in [0, 0.1) is 0 Å². The number of nitrogens with zero attached hydrogens (tertiary/aromatic N) is 4. The van der Waals surface area contributed by atoms with Gasteiger partial charge in [0.15, 0.2) is 11.4 Å². The topological polar surface area (TPSA) is 95.3 Å². The Morgan fingerprint density at radius 2 is 1.69 bits per heavy atom. The molecule has 36 heavy (non-hydrogen) atoms. The fraction of sp³-hybridized carbons (Fsp3) is 0.269. The number of cyclic esters (lactones) is 1. The minimum atomic E-state index is -0.608. The summed E-state index contributed by atoms with van der Waals surface area (Å²) in [6.45, 7) is 0.698. The largest absolute Gasteiger partial charge is 0.502 e. The number of aromatic nitrogens is 1. The average molecular weight is 503 g/mol. The van der Waals surface area contributed by atoms with Gasteiger partial charge in [0.25, 0.3) is 5.91 Å². The number of amides is 2. The standard InChI is InChI=1S/C26H22N4O5S/c31-19-9-10-29-23(24(19)32)25(33)28-11-16-13-35-26(34)27(16)12-21(28)30(29)22-17-6-2-1-5-15(17)14-36-20-8-4-3-7-18(20)22/h1-10,16,21-22,32H,11-14H2/t16?,21-,22+/m1/s1. The van der Waals surface area contributed by atoms with Gasteiger partial charge in [-0.05, 0) is 22.8 Å². The monoisotopic (exact) mass is 502 g/mol. The fourth-order valence-electron chi connectivity index (χ4n) is 5.80. The highest BCUT2D eigenvalue weighted by Crippen LogP contribution is 2.44. The molecule has 0 spiro atoms. The van der Waals surface area contributed by atoms with Crippen molar-refractivity contribution >= 4 is 23.8 Å². The van der Waals surface area contributed by atoms with Gasteiger partial charge in [0.2, 0.25) is 5.43 Å². The summed E-state index contributed by atoms with van der Waals surface area (Å²) >= 11 is 1.75. The van der Waals surface area contributed by atoms with E-state index in [4.69, 9.17) is 4.74 Å². The second-order valence-electron chi connectivity index (χ2n) is 9.35. The van der Waals surface area contributed by atoms with Gasteiger partial charge < -0.3 is 14.7 Å². The van der Waals surface area contributed by atoms with Gasteiger partial charge in [-0.1, -0.05) is 42.5 Å². The summed E-state index contributed by atoms with van der Waals surface area (Å²) in [7, 11) is 0. The Kier molecular flexibility index (Phi) is 4.62.